The molecule has 1 atom stereocenters. The van der Waals surface area contributed by atoms with Crippen LogP contribution in [0.15, 0.2) is 28.4 Å². The Labute approximate surface area is 151 Å². The molecule has 5 heteroatoms. The number of hydrogen-bond donors (Lipinski definition) is 0. The number of rotatable bonds is 1. The Bertz CT molecular complexity index is 867. The normalized spacial score (nSPS) is 25.4. The van der Waals surface area contributed by atoms with Gasteiger partial charge in [-0.3, -0.25) is 0 Å². The summed E-state index contributed by atoms with van der Waals surface area (Å²) in [5.74, 6) is 0. The van der Waals surface area contributed by atoms with E-state index in [1.54, 1.807) is 6.20 Å². The fraction of sp³-hybridized carbons (Fsp3) is 0.550. The largest absolute Gasteiger partial charge is 0.450 e. The fourth-order valence-electron chi connectivity index (χ4n) is 5.15. The van der Waals surface area contributed by atoms with Gasteiger partial charge in [0.15, 0.2) is 0 Å². The highest BCUT2D eigenvalue weighted by atomic mass is 16.3. The van der Waals surface area contributed by atoms with Crippen molar-refractivity contribution in [3.63, 3.8) is 0 Å². The molecule has 2 aliphatic heterocycles. The van der Waals surface area contributed by atoms with Crippen LogP contribution in [0, 0.1) is 5.41 Å². The molecular weight excluding hydrogens is 309 g/mol. The zero-order valence-corrected chi connectivity index (χ0v) is 16.4. The van der Waals surface area contributed by atoms with E-state index in [0.717, 1.165) is 16.8 Å². The fourth-order valence-corrected chi connectivity index (χ4v) is 5.15. The number of hydrogen-bond acceptors (Lipinski definition) is 4. The Hall–Kier alpha value is -1.75. The third kappa shape index (κ3) is 2.28. The summed E-state index contributed by atoms with van der Waals surface area (Å²) in [4.78, 5) is 6.86. The lowest BCUT2D eigenvalue weighted by atomic mass is 9.58. The Morgan fingerprint density at radius 2 is 2.00 bits per heavy atom. The Kier molecular flexibility index (Phi) is 3.43. The monoisotopic (exact) mass is 337 g/mol. The molecule has 25 heavy (non-hydrogen) atoms. The van der Waals surface area contributed by atoms with E-state index in [1.807, 2.05) is 6.07 Å². The minimum Gasteiger partial charge on any atom is -0.450 e. The predicted molar refractivity (Wildman–Crippen MR) is 105 cm³/mol. The average Bonchev–Trinajstić information content (AvgIpc) is 2.95. The van der Waals surface area contributed by atoms with Gasteiger partial charge in [0.1, 0.15) is 5.66 Å². The van der Waals surface area contributed by atoms with Gasteiger partial charge in [0.05, 0.1) is 0 Å². The molecule has 0 saturated carbocycles. The van der Waals surface area contributed by atoms with E-state index < -0.39 is 0 Å². The van der Waals surface area contributed by atoms with Gasteiger partial charge in [0.25, 0.3) is 0 Å². The summed E-state index contributed by atoms with van der Waals surface area (Å²) in [7, 11) is 0. The Morgan fingerprint density at radius 1 is 1.28 bits per heavy atom. The molecule has 1 unspecified atom stereocenters. The zero-order chi connectivity index (χ0) is 18.1. The highest BCUT2D eigenvalue weighted by Crippen LogP contribution is 2.48. The van der Waals surface area contributed by atoms with Crippen molar-refractivity contribution in [2.75, 3.05) is 0 Å². The standard InChI is InChI=1S/C20H28BN3O/c1-13-11-16-15-9-8-10-22-18(15)25-17(16)21(7)24(13)23-14(2)19(3,4)12-20(23,5)6/h8-11,14H,12H2,1-7H3. The molecule has 0 bridgehead atoms. The van der Waals surface area contributed by atoms with Gasteiger partial charge >= 0.3 is 6.85 Å². The first kappa shape index (κ1) is 16.7. The number of furan rings is 1. The molecule has 1 fully saturated rings. The van der Waals surface area contributed by atoms with Crippen LogP contribution in [0.1, 0.15) is 53.5 Å². The molecule has 0 aliphatic carbocycles. The van der Waals surface area contributed by atoms with Gasteiger partial charge in [-0.05, 0) is 57.7 Å². The summed E-state index contributed by atoms with van der Waals surface area (Å²) < 4.78 is 6.17. The van der Waals surface area contributed by atoms with Crippen molar-refractivity contribution in [2.24, 2.45) is 5.41 Å². The molecule has 2 aromatic heterocycles. The maximum absolute atomic E-state index is 6.17. The van der Waals surface area contributed by atoms with Gasteiger partial charge in [-0.15, -0.1) is 0 Å². The topological polar surface area (TPSA) is 32.5 Å². The third-order valence-electron chi connectivity index (χ3n) is 6.23. The summed E-state index contributed by atoms with van der Waals surface area (Å²) in [6, 6.07) is 4.53. The average molecular weight is 337 g/mol. The van der Waals surface area contributed by atoms with Crippen molar-refractivity contribution in [2.45, 2.75) is 66.4 Å². The summed E-state index contributed by atoms with van der Waals surface area (Å²) >= 11 is 0. The highest BCUT2D eigenvalue weighted by Gasteiger charge is 2.53. The van der Waals surface area contributed by atoms with E-state index >= 15 is 0 Å². The van der Waals surface area contributed by atoms with Crippen LogP contribution in [0.2, 0.25) is 6.82 Å². The molecular formula is C20H28BN3O. The molecule has 0 radical (unpaired) electrons. The number of nitrogens with zero attached hydrogens (tertiary/aromatic N) is 3. The van der Waals surface area contributed by atoms with Crippen LogP contribution < -0.4 is 5.66 Å². The number of aromatic nitrogens is 1. The lowest BCUT2D eigenvalue weighted by molar-refractivity contribution is -0.0180. The van der Waals surface area contributed by atoms with Crippen molar-refractivity contribution in [3.05, 3.63) is 29.6 Å². The van der Waals surface area contributed by atoms with Crippen LogP contribution in [0.5, 0.6) is 0 Å². The van der Waals surface area contributed by atoms with Gasteiger partial charge in [0, 0.05) is 34.4 Å². The predicted octanol–water partition coefficient (Wildman–Crippen LogP) is 4.15. The summed E-state index contributed by atoms with van der Waals surface area (Å²) in [6.07, 6.45) is 5.23. The summed E-state index contributed by atoms with van der Waals surface area (Å²) in [5.41, 5.74) is 4.59. The van der Waals surface area contributed by atoms with E-state index in [2.05, 4.69) is 75.4 Å². The van der Waals surface area contributed by atoms with E-state index in [1.165, 1.54) is 17.7 Å². The van der Waals surface area contributed by atoms with E-state index in [0.29, 0.717) is 6.04 Å². The van der Waals surface area contributed by atoms with Crippen LogP contribution in [-0.2, 0) is 0 Å². The maximum atomic E-state index is 6.17. The number of fused-ring (bicyclic) bond motifs is 3. The second-order valence-electron chi connectivity index (χ2n) is 9.04. The molecule has 0 spiro atoms. The van der Waals surface area contributed by atoms with Crippen LogP contribution in [0.3, 0.4) is 0 Å². The van der Waals surface area contributed by atoms with Crippen LogP contribution in [0.4, 0.5) is 0 Å². The van der Waals surface area contributed by atoms with E-state index in [-0.39, 0.29) is 17.8 Å². The van der Waals surface area contributed by atoms with Gasteiger partial charge in [-0.2, -0.15) is 0 Å². The second kappa shape index (κ2) is 5.13. The van der Waals surface area contributed by atoms with Crippen molar-refractivity contribution >= 4 is 29.7 Å². The van der Waals surface area contributed by atoms with Gasteiger partial charge in [-0.25, -0.2) is 9.99 Å². The van der Waals surface area contributed by atoms with Crippen molar-refractivity contribution in [1.29, 1.82) is 0 Å². The number of pyridine rings is 1. The molecule has 0 aromatic carbocycles. The zero-order valence-electron chi connectivity index (χ0n) is 16.4. The molecule has 2 aliphatic rings. The van der Waals surface area contributed by atoms with Gasteiger partial charge in [-0.1, -0.05) is 20.7 Å². The smallest absolute Gasteiger partial charge is 0.346 e. The molecule has 2 aromatic rings. The minimum atomic E-state index is 0.105. The summed E-state index contributed by atoms with van der Waals surface area (Å²) in [5, 5.41) is 3.69. The molecule has 4 nitrogen and oxygen atoms in total. The second-order valence-corrected chi connectivity index (χ2v) is 9.04. The lowest BCUT2D eigenvalue weighted by Crippen LogP contribution is -2.62. The maximum Gasteiger partial charge on any atom is 0.346 e. The quantitative estimate of drug-likeness (QED) is 0.732. The van der Waals surface area contributed by atoms with E-state index in [9.17, 15) is 0 Å². The van der Waals surface area contributed by atoms with Gasteiger partial charge < -0.3 is 9.34 Å². The first-order valence-electron chi connectivity index (χ1n) is 9.28. The molecule has 0 N–H and O–H groups in total. The van der Waals surface area contributed by atoms with Crippen LogP contribution >= 0.6 is 0 Å². The van der Waals surface area contributed by atoms with Gasteiger partial charge in [0.2, 0.25) is 5.71 Å². The first-order valence-corrected chi connectivity index (χ1v) is 9.28. The molecule has 4 rings (SSSR count). The van der Waals surface area contributed by atoms with E-state index in [4.69, 9.17) is 4.42 Å². The Balaban J connectivity index is 1.84. The lowest BCUT2D eigenvalue weighted by Gasteiger charge is -2.48. The SMILES string of the molecule is CB1c2oc3ncccc3c2C=C(C)N1N1C(C)C(C)(C)CC1(C)C. The van der Waals surface area contributed by atoms with Crippen molar-refractivity contribution in [3.8, 4) is 0 Å². The van der Waals surface area contributed by atoms with Crippen LogP contribution in [-0.4, -0.2) is 33.3 Å². The summed E-state index contributed by atoms with van der Waals surface area (Å²) in [6.45, 7) is 16.4. The van der Waals surface area contributed by atoms with Crippen molar-refractivity contribution < 1.29 is 4.42 Å². The molecule has 132 valence electrons. The number of allylic oxidation sites excluding steroid dienone is 1. The Morgan fingerprint density at radius 3 is 2.64 bits per heavy atom. The first-order chi connectivity index (χ1) is 11.6. The molecule has 0 amide bonds. The third-order valence-corrected chi connectivity index (χ3v) is 6.23. The number of hydrazine groups is 1. The minimum absolute atomic E-state index is 0.105. The molecule has 4 heterocycles. The highest BCUT2D eigenvalue weighted by molar-refractivity contribution is 6.70. The molecule has 1 saturated heterocycles. The van der Waals surface area contributed by atoms with Crippen LogP contribution in [0.25, 0.3) is 17.2 Å². The van der Waals surface area contributed by atoms with Crippen molar-refractivity contribution in [1.82, 2.24) is 14.9 Å².